The van der Waals surface area contributed by atoms with E-state index in [9.17, 15) is 9.59 Å². The van der Waals surface area contributed by atoms with Crippen LogP contribution in [0, 0.1) is 13.8 Å². The summed E-state index contributed by atoms with van der Waals surface area (Å²) in [7, 11) is 1.33. The maximum absolute atomic E-state index is 12.6. The smallest absolute Gasteiger partial charge is 0.341 e. The molecule has 0 saturated carbocycles. The molecule has 0 bridgehead atoms. The lowest BCUT2D eigenvalue weighted by atomic mass is 10.0. The van der Waals surface area contributed by atoms with Crippen LogP contribution in [0.5, 0.6) is 0 Å². The average molecular weight is 445 g/mol. The van der Waals surface area contributed by atoms with Crippen molar-refractivity contribution in [2.45, 2.75) is 38.9 Å². The first kappa shape index (κ1) is 22.0. The van der Waals surface area contributed by atoms with Gasteiger partial charge in [-0.3, -0.25) is 4.79 Å². The Labute approximate surface area is 183 Å². The SMILES string of the molecule is COC(=O)c1c(-c2ccc(C)cc2)csc1NC(=O)CSc1nnc(C)n1C(C)C. The second-order valence-electron chi connectivity index (χ2n) is 7.04. The highest BCUT2D eigenvalue weighted by Crippen LogP contribution is 2.36. The maximum atomic E-state index is 12.6. The summed E-state index contributed by atoms with van der Waals surface area (Å²) < 4.78 is 6.95. The molecular formula is C21H24N4O3S2. The highest BCUT2D eigenvalue weighted by Gasteiger charge is 2.23. The van der Waals surface area contributed by atoms with E-state index in [4.69, 9.17) is 4.74 Å². The van der Waals surface area contributed by atoms with Gasteiger partial charge in [-0.15, -0.1) is 21.5 Å². The predicted molar refractivity (Wildman–Crippen MR) is 120 cm³/mol. The molecule has 3 aromatic rings. The summed E-state index contributed by atoms with van der Waals surface area (Å²) in [5, 5.41) is 14.1. The third-order valence-corrected chi connectivity index (χ3v) is 6.32. The fourth-order valence-electron chi connectivity index (χ4n) is 3.04. The van der Waals surface area contributed by atoms with Gasteiger partial charge in [-0.25, -0.2) is 4.79 Å². The summed E-state index contributed by atoms with van der Waals surface area (Å²) in [5.74, 6) is 0.258. The standard InChI is InChI=1S/C21H24N4O3S2/c1-12(2)25-14(4)23-24-21(25)30-11-17(26)22-19-18(20(27)28-5)16(10-29-19)15-8-6-13(3)7-9-15/h6-10,12H,11H2,1-5H3,(H,22,26). The third kappa shape index (κ3) is 4.73. The predicted octanol–water partition coefficient (Wildman–Crippen LogP) is 4.72. The van der Waals surface area contributed by atoms with Gasteiger partial charge in [0.25, 0.3) is 0 Å². The molecule has 7 nitrogen and oxygen atoms in total. The number of benzene rings is 1. The highest BCUT2D eigenvalue weighted by atomic mass is 32.2. The number of carbonyl (C=O) groups excluding carboxylic acids is 2. The van der Waals surface area contributed by atoms with Crippen molar-refractivity contribution >= 4 is 40.0 Å². The first-order valence-electron chi connectivity index (χ1n) is 9.42. The van der Waals surface area contributed by atoms with E-state index in [1.807, 2.05) is 61.9 Å². The van der Waals surface area contributed by atoms with Crippen LogP contribution in [0.15, 0.2) is 34.8 Å². The first-order valence-corrected chi connectivity index (χ1v) is 11.3. The Morgan fingerprint density at radius 1 is 1.20 bits per heavy atom. The average Bonchev–Trinajstić information content (AvgIpc) is 3.29. The molecule has 2 aromatic heterocycles. The number of carbonyl (C=O) groups is 2. The molecule has 1 N–H and O–H groups in total. The normalized spacial score (nSPS) is 11.0. The van der Waals surface area contributed by atoms with E-state index in [0.29, 0.717) is 15.7 Å². The molecule has 0 fully saturated rings. The van der Waals surface area contributed by atoms with E-state index in [2.05, 4.69) is 15.5 Å². The van der Waals surface area contributed by atoms with E-state index < -0.39 is 5.97 Å². The molecule has 1 amide bonds. The molecule has 3 rings (SSSR count). The summed E-state index contributed by atoms with van der Waals surface area (Å²) in [6.45, 7) is 7.98. The molecule has 0 unspecified atom stereocenters. The molecule has 0 aliphatic carbocycles. The van der Waals surface area contributed by atoms with Gasteiger partial charge in [-0.1, -0.05) is 41.6 Å². The van der Waals surface area contributed by atoms with E-state index in [1.165, 1.54) is 30.2 Å². The van der Waals surface area contributed by atoms with Crippen molar-refractivity contribution in [1.82, 2.24) is 14.8 Å². The number of nitrogens with zero attached hydrogens (tertiary/aromatic N) is 3. The van der Waals surface area contributed by atoms with Crippen LogP contribution in [-0.2, 0) is 9.53 Å². The number of esters is 1. The molecule has 1 aromatic carbocycles. The van der Waals surface area contributed by atoms with Gasteiger partial charge in [0.2, 0.25) is 5.91 Å². The van der Waals surface area contributed by atoms with Crippen molar-refractivity contribution in [3.05, 3.63) is 46.6 Å². The number of ether oxygens (including phenoxy) is 1. The third-order valence-electron chi connectivity index (χ3n) is 4.48. The number of aryl methyl sites for hydroxylation is 2. The number of rotatable bonds is 7. The van der Waals surface area contributed by atoms with Gasteiger partial charge in [0, 0.05) is 17.0 Å². The van der Waals surface area contributed by atoms with Crippen LogP contribution in [0.4, 0.5) is 5.00 Å². The van der Waals surface area contributed by atoms with Gasteiger partial charge in [0.15, 0.2) is 5.16 Å². The Balaban J connectivity index is 1.78. The number of amides is 1. The monoisotopic (exact) mass is 444 g/mol. The summed E-state index contributed by atoms with van der Waals surface area (Å²) in [5.41, 5.74) is 3.13. The van der Waals surface area contributed by atoms with Crippen molar-refractivity contribution in [2.75, 3.05) is 18.2 Å². The second-order valence-corrected chi connectivity index (χ2v) is 8.86. The van der Waals surface area contributed by atoms with Crippen LogP contribution >= 0.6 is 23.1 Å². The Bertz CT molecular complexity index is 1050. The lowest BCUT2D eigenvalue weighted by Crippen LogP contribution is -2.16. The molecule has 0 atom stereocenters. The van der Waals surface area contributed by atoms with Crippen molar-refractivity contribution in [1.29, 1.82) is 0 Å². The van der Waals surface area contributed by atoms with Crippen molar-refractivity contribution in [3.8, 4) is 11.1 Å². The van der Waals surface area contributed by atoms with Crippen molar-refractivity contribution < 1.29 is 14.3 Å². The molecule has 0 aliphatic rings. The number of aromatic nitrogens is 3. The van der Waals surface area contributed by atoms with Gasteiger partial charge in [0.1, 0.15) is 16.4 Å². The van der Waals surface area contributed by atoms with Crippen LogP contribution < -0.4 is 5.32 Å². The zero-order chi connectivity index (χ0) is 21.8. The Morgan fingerprint density at radius 2 is 1.90 bits per heavy atom. The Hall–Kier alpha value is -2.65. The molecule has 0 saturated heterocycles. The van der Waals surface area contributed by atoms with Gasteiger partial charge < -0.3 is 14.6 Å². The molecule has 2 heterocycles. The van der Waals surface area contributed by atoms with Crippen molar-refractivity contribution in [3.63, 3.8) is 0 Å². The first-order chi connectivity index (χ1) is 14.3. The fourth-order valence-corrected chi connectivity index (χ4v) is 4.92. The number of thioether (sulfide) groups is 1. The van der Waals surface area contributed by atoms with E-state index in [-0.39, 0.29) is 17.7 Å². The van der Waals surface area contributed by atoms with Crippen LogP contribution in [0.2, 0.25) is 0 Å². The van der Waals surface area contributed by atoms with Crippen LogP contribution in [0.3, 0.4) is 0 Å². The van der Waals surface area contributed by atoms with Crippen LogP contribution in [0.25, 0.3) is 11.1 Å². The molecule has 0 spiro atoms. The summed E-state index contributed by atoms with van der Waals surface area (Å²) >= 11 is 2.62. The van der Waals surface area contributed by atoms with Gasteiger partial charge in [-0.05, 0) is 33.3 Å². The Kier molecular flexibility index (Phi) is 6.94. The minimum absolute atomic E-state index is 0.156. The van der Waals surface area contributed by atoms with Gasteiger partial charge in [0.05, 0.1) is 12.9 Å². The fraction of sp³-hybridized carbons (Fsp3) is 0.333. The van der Waals surface area contributed by atoms with Gasteiger partial charge in [-0.2, -0.15) is 0 Å². The topological polar surface area (TPSA) is 86.1 Å². The molecule has 9 heteroatoms. The van der Waals surface area contributed by atoms with Gasteiger partial charge >= 0.3 is 5.97 Å². The second kappa shape index (κ2) is 9.44. The zero-order valence-electron chi connectivity index (χ0n) is 17.6. The Morgan fingerprint density at radius 3 is 2.53 bits per heavy atom. The lowest BCUT2D eigenvalue weighted by molar-refractivity contribution is -0.113. The number of hydrogen-bond acceptors (Lipinski definition) is 7. The zero-order valence-corrected chi connectivity index (χ0v) is 19.2. The van der Waals surface area contributed by atoms with E-state index >= 15 is 0 Å². The maximum Gasteiger partial charge on any atom is 0.341 e. The minimum Gasteiger partial charge on any atom is -0.465 e. The number of methoxy groups -OCH3 is 1. The van der Waals surface area contributed by atoms with Crippen molar-refractivity contribution in [2.24, 2.45) is 0 Å². The summed E-state index contributed by atoms with van der Waals surface area (Å²) in [6.07, 6.45) is 0. The number of nitrogens with one attached hydrogen (secondary N) is 1. The molecule has 30 heavy (non-hydrogen) atoms. The number of anilines is 1. The van der Waals surface area contributed by atoms with E-state index in [1.54, 1.807) is 0 Å². The largest absolute Gasteiger partial charge is 0.465 e. The number of hydrogen-bond donors (Lipinski definition) is 1. The quantitative estimate of drug-likeness (QED) is 0.419. The summed E-state index contributed by atoms with van der Waals surface area (Å²) in [6, 6.07) is 8.07. The summed E-state index contributed by atoms with van der Waals surface area (Å²) in [4.78, 5) is 25.0. The highest BCUT2D eigenvalue weighted by molar-refractivity contribution is 7.99. The molecular weight excluding hydrogens is 420 g/mol. The number of thiophene rings is 1. The van der Waals surface area contributed by atoms with E-state index in [0.717, 1.165) is 22.5 Å². The van der Waals surface area contributed by atoms with Crippen LogP contribution in [0.1, 0.15) is 41.6 Å². The van der Waals surface area contributed by atoms with Crippen LogP contribution in [-0.4, -0.2) is 39.5 Å². The molecule has 0 radical (unpaired) electrons. The lowest BCUT2D eigenvalue weighted by Gasteiger charge is -2.12. The molecule has 0 aliphatic heterocycles. The minimum atomic E-state index is -0.482. The molecule has 158 valence electrons.